The molecule has 204 valence electrons. The molecule has 3 atom stereocenters. The second-order valence-corrected chi connectivity index (χ2v) is 11.2. The molecule has 2 aliphatic rings. The summed E-state index contributed by atoms with van der Waals surface area (Å²) in [7, 11) is 1.54. The van der Waals surface area contributed by atoms with Gasteiger partial charge >= 0.3 is 0 Å². The number of aliphatic hydroxyl groups excluding tert-OH is 1. The minimum Gasteiger partial charge on any atom is -0.497 e. The number of ether oxygens (including phenoxy) is 1. The lowest BCUT2D eigenvalue weighted by atomic mass is 9.84. The summed E-state index contributed by atoms with van der Waals surface area (Å²) >= 11 is 6.45. The van der Waals surface area contributed by atoms with E-state index in [1.807, 2.05) is 0 Å². The summed E-state index contributed by atoms with van der Waals surface area (Å²) in [5.41, 5.74) is -0.847. The van der Waals surface area contributed by atoms with Crippen molar-refractivity contribution in [1.82, 2.24) is 15.3 Å². The van der Waals surface area contributed by atoms with Crippen LogP contribution in [-0.2, 0) is 12.1 Å². The van der Waals surface area contributed by atoms with Gasteiger partial charge in [0, 0.05) is 5.56 Å². The predicted octanol–water partition coefficient (Wildman–Crippen LogP) is 5.85. The number of halogens is 5. The van der Waals surface area contributed by atoms with Crippen molar-refractivity contribution in [2.24, 2.45) is 10.9 Å². The molecule has 1 aliphatic heterocycles. The first kappa shape index (κ1) is 27.4. The smallest absolute Gasteiger partial charge is 0.272 e. The first-order chi connectivity index (χ1) is 18.5. The van der Waals surface area contributed by atoms with Gasteiger partial charge in [0.2, 0.25) is 0 Å². The van der Waals surface area contributed by atoms with E-state index >= 15 is 13.2 Å². The molecule has 2 fully saturated rings. The molecule has 2 heterocycles. The molecule has 0 unspecified atom stereocenters. The Kier molecular flexibility index (Phi) is 7.11. The van der Waals surface area contributed by atoms with Crippen LogP contribution in [0, 0.1) is 11.7 Å². The number of nitrogens with one attached hydrogen (secondary N) is 1. The second-order valence-electron chi connectivity index (χ2n) is 9.46. The highest BCUT2D eigenvalue weighted by molar-refractivity contribution is 8.15. The van der Waals surface area contributed by atoms with Crippen molar-refractivity contribution in [3.05, 3.63) is 88.2 Å². The molecular weight excluding hydrogens is 556 g/mol. The molecule has 1 saturated heterocycles. The minimum absolute atomic E-state index is 0.0898. The van der Waals surface area contributed by atoms with Crippen molar-refractivity contribution in [1.29, 1.82) is 0 Å². The highest BCUT2D eigenvalue weighted by Gasteiger charge is 2.88. The SMILES string of the molecule is COc1ccc(CN=C2N[C@](C)(c3cc(/C=C(\F)c4cnc(Cl)cn4)ccc3F)[C@H]3C(F)(F)[C@]3(CO)S2)cc1. The van der Waals surface area contributed by atoms with Gasteiger partial charge in [-0.25, -0.2) is 27.5 Å². The van der Waals surface area contributed by atoms with Crippen LogP contribution >= 0.6 is 23.4 Å². The summed E-state index contributed by atoms with van der Waals surface area (Å²) in [4.78, 5) is 12.1. The van der Waals surface area contributed by atoms with Crippen molar-refractivity contribution in [2.75, 3.05) is 13.7 Å². The first-order valence-electron chi connectivity index (χ1n) is 11.8. The Balaban J connectivity index is 1.51. The first-order valence-corrected chi connectivity index (χ1v) is 13.0. The number of thioether (sulfide) groups is 1. The van der Waals surface area contributed by atoms with Crippen molar-refractivity contribution in [3.63, 3.8) is 0 Å². The van der Waals surface area contributed by atoms with Gasteiger partial charge in [0.15, 0.2) is 11.0 Å². The number of nitrogens with zero attached hydrogens (tertiary/aromatic N) is 3. The lowest BCUT2D eigenvalue weighted by Crippen LogP contribution is -2.51. The van der Waals surface area contributed by atoms with Crippen molar-refractivity contribution in [3.8, 4) is 5.75 Å². The number of benzene rings is 2. The van der Waals surface area contributed by atoms with Crippen molar-refractivity contribution < 1.29 is 27.4 Å². The molecule has 2 aromatic carbocycles. The standard InChI is InChI=1S/C27H23ClF4N4O2S/c1-25(18-9-16(5-8-19(18)29)10-20(30)21-12-34-22(28)13-33-21)23-26(14-37,27(23,31)32)39-24(36-25)35-11-15-3-6-17(38-2)7-4-15/h3-10,12-13,23,37H,11,14H2,1-2H3,(H,35,36)/b20-10-/t23-,25-,26-/m1/s1. The molecule has 0 amide bonds. The topological polar surface area (TPSA) is 79.6 Å². The third kappa shape index (κ3) is 4.76. The molecule has 6 nitrogen and oxygen atoms in total. The van der Waals surface area contributed by atoms with Gasteiger partial charge in [0.05, 0.1) is 44.1 Å². The molecule has 0 radical (unpaired) electrons. The summed E-state index contributed by atoms with van der Waals surface area (Å²) in [5.74, 6) is -5.64. The van der Waals surface area contributed by atoms with E-state index in [0.717, 1.165) is 35.7 Å². The third-order valence-electron chi connectivity index (χ3n) is 7.04. The van der Waals surface area contributed by atoms with Crippen LogP contribution in [0.1, 0.15) is 29.3 Å². The maximum Gasteiger partial charge on any atom is 0.272 e. The summed E-state index contributed by atoms with van der Waals surface area (Å²) < 4.78 is 64.1. The summed E-state index contributed by atoms with van der Waals surface area (Å²) in [6, 6.07) is 10.8. The molecule has 0 spiro atoms. The van der Waals surface area contributed by atoms with Gasteiger partial charge in [0.25, 0.3) is 5.92 Å². The normalized spacial score (nSPS) is 26.6. The molecule has 3 aromatic rings. The fourth-order valence-electron chi connectivity index (χ4n) is 4.99. The van der Waals surface area contributed by atoms with Gasteiger partial charge < -0.3 is 15.2 Å². The molecule has 39 heavy (non-hydrogen) atoms. The minimum atomic E-state index is -3.33. The average molecular weight is 579 g/mol. The Hall–Kier alpha value is -3.15. The number of hydrogen-bond donors (Lipinski definition) is 2. The fourth-order valence-corrected chi connectivity index (χ4v) is 6.58. The maximum atomic E-state index is 15.3. The quantitative estimate of drug-likeness (QED) is 0.343. The van der Waals surface area contributed by atoms with Crippen LogP contribution in [0.25, 0.3) is 11.9 Å². The Morgan fingerprint density at radius 2 is 1.95 bits per heavy atom. The zero-order valence-electron chi connectivity index (χ0n) is 20.8. The van der Waals surface area contributed by atoms with Crippen LogP contribution in [0.2, 0.25) is 5.15 Å². The molecule has 0 bridgehead atoms. The monoisotopic (exact) mass is 578 g/mol. The molecule has 1 saturated carbocycles. The van der Waals surface area contributed by atoms with Crippen LogP contribution in [0.4, 0.5) is 17.6 Å². The van der Waals surface area contributed by atoms with Crippen LogP contribution in [0.3, 0.4) is 0 Å². The van der Waals surface area contributed by atoms with Crippen molar-refractivity contribution in [2.45, 2.75) is 29.7 Å². The Morgan fingerprint density at radius 1 is 1.21 bits per heavy atom. The molecule has 1 aliphatic carbocycles. The second kappa shape index (κ2) is 10.1. The molecule has 2 N–H and O–H groups in total. The van der Waals surface area contributed by atoms with E-state index in [1.54, 1.807) is 31.4 Å². The van der Waals surface area contributed by atoms with E-state index in [9.17, 15) is 9.50 Å². The Bertz CT molecular complexity index is 1460. The highest BCUT2D eigenvalue weighted by atomic mass is 35.5. The van der Waals surface area contributed by atoms with Gasteiger partial charge in [-0.3, -0.25) is 4.99 Å². The van der Waals surface area contributed by atoms with Crippen LogP contribution in [-0.4, -0.2) is 44.6 Å². The largest absolute Gasteiger partial charge is 0.497 e. The number of amidine groups is 1. The Labute approximate surface area is 231 Å². The Morgan fingerprint density at radius 3 is 2.59 bits per heavy atom. The van der Waals surface area contributed by atoms with Gasteiger partial charge in [-0.1, -0.05) is 41.6 Å². The number of rotatable bonds is 7. The predicted molar refractivity (Wildman–Crippen MR) is 143 cm³/mol. The highest BCUT2D eigenvalue weighted by Crippen LogP contribution is 2.73. The van der Waals surface area contributed by atoms with E-state index < -0.39 is 40.4 Å². The molecule has 5 rings (SSSR count). The molecule has 1 aromatic heterocycles. The number of aromatic nitrogens is 2. The maximum absolute atomic E-state index is 15.3. The summed E-state index contributed by atoms with van der Waals surface area (Å²) in [6.07, 6.45) is 3.43. The van der Waals surface area contributed by atoms with E-state index in [4.69, 9.17) is 16.3 Å². The number of alkyl halides is 2. The number of methoxy groups -OCH3 is 1. The van der Waals surface area contributed by atoms with Gasteiger partial charge in [-0.05, 0) is 48.4 Å². The number of hydrogen-bond acceptors (Lipinski definition) is 6. The summed E-state index contributed by atoms with van der Waals surface area (Å²) in [5, 5.41) is 13.3. The van der Waals surface area contributed by atoms with E-state index in [0.29, 0.717) is 5.75 Å². The average Bonchev–Trinajstić information content (AvgIpc) is 3.45. The van der Waals surface area contributed by atoms with Crippen LogP contribution < -0.4 is 10.1 Å². The van der Waals surface area contributed by atoms with E-state index in [2.05, 4.69) is 20.3 Å². The van der Waals surface area contributed by atoms with E-state index in [1.165, 1.54) is 25.3 Å². The van der Waals surface area contributed by atoms with Gasteiger partial charge in [-0.2, -0.15) is 0 Å². The third-order valence-corrected chi connectivity index (χ3v) is 8.66. The van der Waals surface area contributed by atoms with Crippen LogP contribution in [0.5, 0.6) is 5.75 Å². The van der Waals surface area contributed by atoms with Crippen molar-refractivity contribution >= 4 is 40.4 Å². The number of fused-ring (bicyclic) bond motifs is 1. The zero-order chi connectivity index (χ0) is 28.0. The van der Waals surface area contributed by atoms with Gasteiger partial charge in [-0.15, -0.1) is 0 Å². The fraction of sp³-hybridized carbons (Fsp3) is 0.296. The number of aliphatic imine (C=N–C) groups is 1. The lowest BCUT2D eigenvalue weighted by molar-refractivity contribution is 0.0660. The lowest BCUT2D eigenvalue weighted by Gasteiger charge is -2.38. The van der Waals surface area contributed by atoms with Gasteiger partial charge in [0.1, 0.15) is 27.2 Å². The number of aliphatic hydroxyl groups is 1. The van der Waals surface area contributed by atoms with E-state index in [-0.39, 0.29) is 33.7 Å². The molecular formula is C27H23ClF4N4O2S. The summed E-state index contributed by atoms with van der Waals surface area (Å²) in [6.45, 7) is 0.767. The molecule has 12 heteroatoms. The van der Waals surface area contributed by atoms with Crippen LogP contribution in [0.15, 0.2) is 59.9 Å². The zero-order valence-corrected chi connectivity index (χ0v) is 22.3.